The largest absolute Gasteiger partial charge is 0.497 e. The summed E-state index contributed by atoms with van der Waals surface area (Å²) < 4.78 is 18.9. The standard InChI is InChI=1S/C27H35FN2O2/c1-32-23-6-4-5-21(17-23)27(31)12-3-2-7-25(27)30-15-13-26(14-16-30)19-29-18-24(26)20-8-10-22(28)11-9-20/h4-6,8-11,17,24-25,29,31H,2-3,7,12-16,18-19H2,1H3. The first-order valence-electron chi connectivity index (χ1n) is 12.1. The van der Waals surface area contributed by atoms with Crippen LogP contribution in [-0.2, 0) is 5.60 Å². The van der Waals surface area contributed by atoms with Crippen molar-refractivity contribution in [3.63, 3.8) is 0 Å². The normalized spacial score (nSPS) is 30.5. The van der Waals surface area contributed by atoms with Crippen LogP contribution in [0, 0.1) is 11.2 Å². The number of hydrogen-bond donors (Lipinski definition) is 2. The Hall–Kier alpha value is -1.95. The van der Waals surface area contributed by atoms with E-state index < -0.39 is 5.60 Å². The van der Waals surface area contributed by atoms with Gasteiger partial charge in [-0.05, 0) is 79.6 Å². The average molecular weight is 439 g/mol. The Morgan fingerprint density at radius 3 is 2.59 bits per heavy atom. The van der Waals surface area contributed by atoms with E-state index >= 15 is 0 Å². The lowest BCUT2D eigenvalue weighted by Crippen LogP contribution is -2.56. The number of piperidine rings is 1. The summed E-state index contributed by atoms with van der Waals surface area (Å²) in [6.07, 6.45) is 6.25. The van der Waals surface area contributed by atoms with Gasteiger partial charge in [-0.2, -0.15) is 0 Å². The molecule has 4 nitrogen and oxygen atoms in total. The summed E-state index contributed by atoms with van der Waals surface area (Å²) >= 11 is 0. The van der Waals surface area contributed by atoms with Crippen molar-refractivity contribution in [2.75, 3.05) is 33.3 Å². The molecule has 172 valence electrons. The zero-order valence-electron chi connectivity index (χ0n) is 19.0. The highest BCUT2D eigenvalue weighted by Gasteiger charge is 2.49. The Labute approximate surface area is 190 Å². The number of ether oxygens (including phenoxy) is 1. The molecule has 3 unspecified atom stereocenters. The van der Waals surface area contributed by atoms with Gasteiger partial charge in [0, 0.05) is 25.0 Å². The summed E-state index contributed by atoms with van der Waals surface area (Å²) in [5, 5.41) is 15.6. The fraction of sp³-hybridized carbons (Fsp3) is 0.556. The van der Waals surface area contributed by atoms with Crippen molar-refractivity contribution < 1.29 is 14.2 Å². The van der Waals surface area contributed by atoms with Gasteiger partial charge in [-0.15, -0.1) is 0 Å². The maximum atomic E-state index is 13.5. The first-order valence-corrected chi connectivity index (χ1v) is 12.1. The molecule has 2 heterocycles. The van der Waals surface area contributed by atoms with Crippen LogP contribution in [0.5, 0.6) is 5.75 Å². The lowest BCUT2D eigenvalue weighted by Gasteiger charge is -2.51. The van der Waals surface area contributed by atoms with Gasteiger partial charge in [0.05, 0.1) is 7.11 Å². The van der Waals surface area contributed by atoms with E-state index in [0.717, 1.165) is 69.6 Å². The zero-order chi connectivity index (χ0) is 22.2. The van der Waals surface area contributed by atoms with Gasteiger partial charge in [-0.3, -0.25) is 4.90 Å². The van der Waals surface area contributed by atoms with Crippen molar-refractivity contribution in [1.82, 2.24) is 10.2 Å². The molecular weight excluding hydrogens is 403 g/mol. The molecule has 3 atom stereocenters. The molecule has 3 aliphatic rings. The molecule has 1 aliphatic carbocycles. The monoisotopic (exact) mass is 438 g/mol. The highest BCUT2D eigenvalue weighted by molar-refractivity contribution is 5.34. The van der Waals surface area contributed by atoms with Crippen molar-refractivity contribution in [2.45, 2.75) is 56.1 Å². The molecule has 2 aliphatic heterocycles. The van der Waals surface area contributed by atoms with E-state index in [1.165, 1.54) is 12.0 Å². The van der Waals surface area contributed by atoms with Gasteiger partial charge in [0.2, 0.25) is 0 Å². The Morgan fingerprint density at radius 2 is 1.84 bits per heavy atom. The Balaban J connectivity index is 1.35. The fourth-order valence-electron chi connectivity index (χ4n) is 6.63. The predicted octanol–water partition coefficient (Wildman–Crippen LogP) is 4.43. The molecule has 0 bridgehead atoms. The number of likely N-dealkylation sites (tertiary alicyclic amines) is 1. The van der Waals surface area contributed by atoms with E-state index in [2.05, 4.69) is 16.3 Å². The van der Waals surface area contributed by atoms with Gasteiger partial charge in [0.15, 0.2) is 0 Å². The summed E-state index contributed by atoms with van der Waals surface area (Å²) in [5.74, 6) is 1.06. The Morgan fingerprint density at radius 1 is 1.06 bits per heavy atom. The number of halogens is 1. The van der Waals surface area contributed by atoms with Crippen LogP contribution < -0.4 is 10.1 Å². The number of nitrogens with zero attached hydrogens (tertiary/aromatic N) is 1. The van der Waals surface area contributed by atoms with Gasteiger partial charge < -0.3 is 15.2 Å². The summed E-state index contributed by atoms with van der Waals surface area (Å²) in [6, 6.07) is 15.2. The van der Waals surface area contributed by atoms with E-state index in [-0.39, 0.29) is 17.3 Å². The third kappa shape index (κ3) is 3.85. The highest BCUT2D eigenvalue weighted by atomic mass is 19.1. The minimum atomic E-state index is -0.832. The number of rotatable bonds is 4. The number of benzene rings is 2. The van der Waals surface area contributed by atoms with Gasteiger partial charge >= 0.3 is 0 Å². The van der Waals surface area contributed by atoms with Crippen LogP contribution in [-0.4, -0.2) is 49.3 Å². The maximum Gasteiger partial charge on any atom is 0.123 e. The van der Waals surface area contributed by atoms with Crippen LogP contribution >= 0.6 is 0 Å². The topological polar surface area (TPSA) is 44.7 Å². The molecule has 0 radical (unpaired) electrons. The molecule has 5 heteroatoms. The number of hydrogen-bond acceptors (Lipinski definition) is 4. The van der Waals surface area contributed by atoms with Crippen LogP contribution in [0.15, 0.2) is 48.5 Å². The van der Waals surface area contributed by atoms with E-state index in [9.17, 15) is 9.50 Å². The van der Waals surface area contributed by atoms with Crippen LogP contribution in [0.2, 0.25) is 0 Å². The molecule has 2 aromatic rings. The molecule has 1 saturated carbocycles. The second-order valence-corrected chi connectivity index (χ2v) is 10.1. The van der Waals surface area contributed by atoms with Gasteiger partial charge in [-0.1, -0.05) is 37.1 Å². The molecular formula is C27H35FN2O2. The van der Waals surface area contributed by atoms with Crippen molar-refractivity contribution >= 4 is 0 Å². The predicted molar refractivity (Wildman–Crippen MR) is 124 cm³/mol. The van der Waals surface area contributed by atoms with Crippen molar-refractivity contribution in [2.24, 2.45) is 5.41 Å². The van der Waals surface area contributed by atoms with Crippen LogP contribution in [0.3, 0.4) is 0 Å². The highest BCUT2D eigenvalue weighted by Crippen LogP contribution is 2.49. The molecule has 2 aromatic carbocycles. The van der Waals surface area contributed by atoms with E-state index in [1.54, 1.807) is 19.2 Å². The second-order valence-electron chi connectivity index (χ2n) is 10.1. The minimum absolute atomic E-state index is 0.138. The third-order valence-electron chi connectivity index (χ3n) is 8.48. The number of nitrogens with one attached hydrogen (secondary N) is 1. The van der Waals surface area contributed by atoms with Crippen molar-refractivity contribution in [3.05, 3.63) is 65.5 Å². The van der Waals surface area contributed by atoms with Gasteiger partial charge in [0.1, 0.15) is 17.2 Å². The van der Waals surface area contributed by atoms with Crippen LogP contribution in [0.4, 0.5) is 4.39 Å². The minimum Gasteiger partial charge on any atom is -0.497 e. The molecule has 2 N–H and O–H groups in total. The number of methoxy groups -OCH3 is 1. The zero-order valence-corrected chi connectivity index (χ0v) is 19.0. The Kier molecular flexibility index (Phi) is 5.99. The lowest BCUT2D eigenvalue weighted by atomic mass is 9.67. The van der Waals surface area contributed by atoms with E-state index in [4.69, 9.17) is 4.74 Å². The quantitative estimate of drug-likeness (QED) is 0.741. The summed E-state index contributed by atoms with van der Waals surface area (Å²) in [6.45, 7) is 3.98. The third-order valence-corrected chi connectivity index (χ3v) is 8.48. The van der Waals surface area contributed by atoms with Gasteiger partial charge in [-0.25, -0.2) is 4.39 Å². The van der Waals surface area contributed by atoms with Gasteiger partial charge in [0.25, 0.3) is 0 Å². The number of aliphatic hydroxyl groups is 1. The fourth-order valence-corrected chi connectivity index (χ4v) is 6.63. The van der Waals surface area contributed by atoms with E-state index in [0.29, 0.717) is 5.92 Å². The van der Waals surface area contributed by atoms with E-state index in [1.807, 2.05) is 30.3 Å². The summed E-state index contributed by atoms with van der Waals surface area (Å²) in [5.41, 5.74) is 1.61. The second kappa shape index (κ2) is 8.77. The summed E-state index contributed by atoms with van der Waals surface area (Å²) in [7, 11) is 1.68. The summed E-state index contributed by atoms with van der Waals surface area (Å²) in [4.78, 5) is 2.55. The van der Waals surface area contributed by atoms with Crippen molar-refractivity contribution in [1.29, 1.82) is 0 Å². The Bertz CT molecular complexity index is 926. The first-order chi connectivity index (χ1) is 15.5. The molecule has 0 amide bonds. The SMILES string of the molecule is COc1cccc(C2(O)CCCCC2N2CCC3(CC2)CNCC3c2ccc(F)cc2)c1. The van der Waals surface area contributed by atoms with Crippen LogP contribution in [0.1, 0.15) is 55.6 Å². The molecule has 32 heavy (non-hydrogen) atoms. The molecule has 3 fully saturated rings. The maximum absolute atomic E-state index is 13.5. The molecule has 0 aromatic heterocycles. The van der Waals surface area contributed by atoms with Crippen molar-refractivity contribution in [3.8, 4) is 5.75 Å². The molecule has 1 spiro atoms. The smallest absolute Gasteiger partial charge is 0.123 e. The van der Waals surface area contributed by atoms with Crippen LogP contribution in [0.25, 0.3) is 0 Å². The molecule has 2 saturated heterocycles. The first kappa shape index (κ1) is 21.9. The molecule has 5 rings (SSSR count). The lowest BCUT2D eigenvalue weighted by molar-refractivity contribution is -0.0931. The average Bonchev–Trinajstić information content (AvgIpc) is 3.23.